The average Bonchev–Trinajstić information content (AvgIpc) is 3.39. The van der Waals surface area contributed by atoms with E-state index < -0.39 is 9.84 Å². The number of carbonyl (C=O) groups excluding carboxylic acids is 1. The zero-order valence-electron chi connectivity index (χ0n) is 16.0. The Hall–Kier alpha value is -2.74. The van der Waals surface area contributed by atoms with Crippen LogP contribution in [0.4, 0.5) is 5.69 Å². The second-order valence-corrected chi connectivity index (χ2v) is 9.56. The molecular formula is C20H22N4O3S. The molecule has 0 spiro atoms. The van der Waals surface area contributed by atoms with Crippen LogP contribution in [0.5, 0.6) is 0 Å². The van der Waals surface area contributed by atoms with Gasteiger partial charge in [-0.2, -0.15) is 5.10 Å². The first-order chi connectivity index (χ1) is 13.2. The molecule has 2 heterocycles. The van der Waals surface area contributed by atoms with E-state index in [0.29, 0.717) is 28.2 Å². The second kappa shape index (κ2) is 6.70. The number of anilines is 1. The van der Waals surface area contributed by atoms with Gasteiger partial charge in [0.1, 0.15) is 0 Å². The summed E-state index contributed by atoms with van der Waals surface area (Å²) in [6.45, 7) is 4.04. The molecule has 1 fully saturated rings. The van der Waals surface area contributed by atoms with Crippen molar-refractivity contribution in [3.63, 3.8) is 0 Å². The third-order valence-electron chi connectivity index (χ3n) is 4.84. The number of aromatic nitrogens is 3. The van der Waals surface area contributed by atoms with Crippen LogP contribution in [0.3, 0.4) is 0 Å². The van der Waals surface area contributed by atoms with E-state index in [1.807, 2.05) is 24.6 Å². The van der Waals surface area contributed by atoms with Crippen molar-refractivity contribution in [1.82, 2.24) is 14.8 Å². The number of nitrogens with zero attached hydrogens (tertiary/aromatic N) is 3. The molecule has 0 saturated heterocycles. The van der Waals surface area contributed by atoms with Crippen molar-refractivity contribution in [3.05, 3.63) is 47.8 Å². The van der Waals surface area contributed by atoms with Crippen LogP contribution < -0.4 is 5.32 Å². The molecule has 0 radical (unpaired) electrons. The maximum Gasteiger partial charge on any atom is 0.256 e. The zero-order valence-corrected chi connectivity index (χ0v) is 16.8. The summed E-state index contributed by atoms with van der Waals surface area (Å²) in [5, 5.41) is 7.92. The van der Waals surface area contributed by atoms with E-state index in [0.717, 1.165) is 24.8 Å². The molecule has 1 amide bonds. The Morgan fingerprint density at radius 2 is 2.00 bits per heavy atom. The molecule has 0 unspecified atom stereocenters. The van der Waals surface area contributed by atoms with E-state index >= 15 is 0 Å². The summed E-state index contributed by atoms with van der Waals surface area (Å²) >= 11 is 0. The van der Waals surface area contributed by atoms with Gasteiger partial charge in [-0.25, -0.2) is 18.1 Å². The molecule has 1 saturated carbocycles. The topological polar surface area (TPSA) is 94.0 Å². The van der Waals surface area contributed by atoms with Crippen LogP contribution in [0.15, 0.2) is 41.4 Å². The maximum absolute atomic E-state index is 13.0. The molecule has 1 aromatic carbocycles. The molecule has 4 rings (SSSR count). The molecule has 3 aromatic rings. The maximum atomic E-state index is 13.0. The third kappa shape index (κ3) is 3.52. The summed E-state index contributed by atoms with van der Waals surface area (Å²) in [7, 11) is -3.35. The van der Waals surface area contributed by atoms with Crippen molar-refractivity contribution < 1.29 is 13.2 Å². The number of benzene rings is 1. The average molecular weight is 398 g/mol. The Balaban J connectivity index is 1.75. The molecule has 0 bridgehead atoms. The summed E-state index contributed by atoms with van der Waals surface area (Å²) in [4.78, 5) is 18.0. The highest BCUT2D eigenvalue weighted by atomic mass is 32.2. The van der Waals surface area contributed by atoms with Crippen molar-refractivity contribution >= 4 is 32.5 Å². The van der Waals surface area contributed by atoms with Gasteiger partial charge in [0.25, 0.3) is 5.91 Å². The number of hydrogen-bond donors (Lipinski definition) is 1. The third-order valence-corrected chi connectivity index (χ3v) is 5.95. The number of sulfone groups is 1. The molecule has 1 aliphatic carbocycles. The number of rotatable bonds is 5. The summed E-state index contributed by atoms with van der Waals surface area (Å²) in [6, 6.07) is 8.22. The Bertz CT molecular complexity index is 1180. The van der Waals surface area contributed by atoms with E-state index in [-0.39, 0.29) is 16.8 Å². The van der Waals surface area contributed by atoms with Gasteiger partial charge in [0.2, 0.25) is 0 Å². The Labute approximate surface area is 163 Å². The van der Waals surface area contributed by atoms with Crippen LogP contribution in [0.1, 0.15) is 54.7 Å². The van der Waals surface area contributed by atoms with Gasteiger partial charge in [0.05, 0.1) is 22.0 Å². The van der Waals surface area contributed by atoms with Gasteiger partial charge >= 0.3 is 0 Å². The highest BCUT2D eigenvalue weighted by Crippen LogP contribution is 2.40. The van der Waals surface area contributed by atoms with Gasteiger partial charge in [-0.15, -0.1) is 0 Å². The van der Waals surface area contributed by atoms with E-state index in [4.69, 9.17) is 4.98 Å². The minimum atomic E-state index is -3.35. The monoisotopic (exact) mass is 398 g/mol. The standard InChI is InChI=1S/C20H22N4O3S/c1-12(2)24-19-17(11-21-24)16(10-18(23-19)13-7-8-13)20(25)22-14-5-4-6-15(9-14)28(3,26)27/h4-6,9-13H,7-8H2,1-3H3,(H,22,25). The van der Waals surface area contributed by atoms with E-state index in [2.05, 4.69) is 10.4 Å². The molecular weight excluding hydrogens is 376 g/mol. The molecule has 8 heteroatoms. The Morgan fingerprint density at radius 3 is 2.64 bits per heavy atom. The lowest BCUT2D eigenvalue weighted by molar-refractivity contribution is 0.102. The van der Waals surface area contributed by atoms with Gasteiger partial charge in [0, 0.05) is 29.6 Å². The van der Waals surface area contributed by atoms with Gasteiger partial charge in [0.15, 0.2) is 15.5 Å². The SMILES string of the molecule is CC(C)n1ncc2c(C(=O)Nc3cccc(S(C)(=O)=O)c3)cc(C3CC3)nc21. The molecule has 146 valence electrons. The number of amides is 1. The van der Waals surface area contributed by atoms with Gasteiger partial charge in [-0.05, 0) is 51.0 Å². The fourth-order valence-corrected chi connectivity index (χ4v) is 3.86. The largest absolute Gasteiger partial charge is 0.322 e. The first kappa shape index (κ1) is 18.6. The number of nitrogens with one attached hydrogen (secondary N) is 1. The minimum absolute atomic E-state index is 0.127. The predicted octanol–water partition coefficient (Wildman–Crippen LogP) is 3.55. The quantitative estimate of drug-likeness (QED) is 0.709. The van der Waals surface area contributed by atoms with Crippen LogP contribution in [-0.4, -0.2) is 35.3 Å². The molecule has 7 nitrogen and oxygen atoms in total. The summed E-state index contributed by atoms with van der Waals surface area (Å²) < 4.78 is 25.4. The lowest BCUT2D eigenvalue weighted by Gasteiger charge is -2.11. The van der Waals surface area contributed by atoms with Gasteiger partial charge in [-0.3, -0.25) is 4.79 Å². The summed E-state index contributed by atoms with van der Waals surface area (Å²) in [5.41, 5.74) is 2.55. The minimum Gasteiger partial charge on any atom is -0.322 e. The van der Waals surface area contributed by atoms with Crippen molar-refractivity contribution in [2.45, 2.75) is 43.5 Å². The number of carbonyl (C=O) groups is 1. The van der Waals surface area contributed by atoms with E-state index in [9.17, 15) is 13.2 Å². The smallest absolute Gasteiger partial charge is 0.256 e. The molecule has 1 N–H and O–H groups in total. The van der Waals surface area contributed by atoms with Crippen molar-refractivity contribution in [2.24, 2.45) is 0 Å². The molecule has 1 aliphatic rings. The van der Waals surface area contributed by atoms with Gasteiger partial charge in [-0.1, -0.05) is 6.07 Å². The summed E-state index contributed by atoms with van der Waals surface area (Å²) in [6.07, 6.45) is 4.96. The highest BCUT2D eigenvalue weighted by Gasteiger charge is 2.28. The molecule has 0 atom stereocenters. The zero-order chi connectivity index (χ0) is 20.1. The second-order valence-electron chi connectivity index (χ2n) is 7.54. The van der Waals surface area contributed by atoms with Crippen LogP contribution in [0, 0.1) is 0 Å². The van der Waals surface area contributed by atoms with Crippen molar-refractivity contribution in [3.8, 4) is 0 Å². The lowest BCUT2D eigenvalue weighted by Crippen LogP contribution is -2.14. The number of pyridine rings is 1. The first-order valence-electron chi connectivity index (χ1n) is 9.23. The summed E-state index contributed by atoms with van der Waals surface area (Å²) in [5.74, 6) is 0.0864. The molecule has 28 heavy (non-hydrogen) atoms. The Kier molecular flexibility index (Phi) is 4.45. The van der Waals surface area contributed by atoms with Gasteiger partial charge < -0.3 is 5.32 Å². The van der Waals surface area contributed by atoms with E-state index in [1.54, 1.807) is 18.3 Å². The lowest BCUT2D eigenvalue weighted by atomic mass is 10.1. The van der Waals surface area contributed by atoms with Crippen LogP contribution in [-0.2, 0) is 9.84 Å². The normalized spacial score (nSPS) is 14.6. The fourth-order valence-electron chi connectivity index (χ4n) is 3.19. The first-order valence-corrected chi connectivity index (χ1v) is 11.1. The number of hydrogen-bond acceptors (Lipinski definition) is 5. The highest BCUT2D eigenvalue weighted by molar-refractivity contribution is 7.90. The molecule has 0 aliphatic heterocycles. The van der Waals surface area contributed by atoms with Crippen molar-refractivity contribution in [1.29, 1.82) is 0 Å². The van der Waals surface area contributed by atoms with Crippen LogP contribution in [0.25, 0.3) is 11.0 Å². The molecule has 2 aromatic heterocycles. The Morgan fingerprint density at radius 1 is 1.25 bits per heavy atom. The van der Waals surface area contributed by atoms with E-state index in [1.165, 1.54) is 12.1 Å². The van der Waals surface area contributed by atoms with Crippen molar-refractivity contribution in [2.75, 3.05) is 11.6 Å². The predicted molar refractivity (Wildman–Crippen MR) is 107 cm³/mol. The fraction of sp³-hybridized carbons (Fsp3) is 0.350. The van der Waals surface area contributed by atoms with Crippen LogP contribution in [0.2, 0.25) is 0 Å². The van der Waals surface area contributed by atoms with Crippen LogP contribution >= 0.6 is 0 Å². The number of fused-ring (bicyclic) bond motifs is 1.